The van der Waals surface area contributed by atoms with Crippen molar-refractivity contribution in [1.29, 1.82) is 0 Å². The number of ether oxygens (including phenoxy) is 3. The van der Waals surface area contributed by atoms with E-state index < -0.39 is 54.4 Å². The Hall–Kier alpha value is -2.77. The third kappa shape index (κ3) is 4.68. The molecule has 2 aliphatic rings. The molecule has 2 aromatic rings. The number of hydrogen-bond donors (Lipinski definition) is 7. The van der Waals surface area contributed by atoms with Crippen molar-refractivity contribution in [3.8, 4) is 17.2 Å². The van der Waals surface area contributed by atoms with E-state index in [0.717, 1.165) is 0 Å². The van der Waals surface area contributed by atoms with Gasteiger partial charge in [-0.05, 0) is 43.7 Å². The molecule has 0 radical (unpaired) electrons. The molecule has 1 aliphatic carbocycles. The largest absolute Gasteiger partial charge is 0.506 e. The molecule has 7 unspecified atom stereocenters. The Kier molecular flexibility index (Phi) is 7.50. The summed E-state index contributed by atoms with van der Waals surface area (Å²) in [7, 11) is 1.37. The molecule has 0 saturated carbocycles. The van der Waals surface area contributed by atoms with E-state index in [9.17, 15) is 35.4 Å². The highest BCUT2D eigenvalue weighted by Crippen LogP contribution is 2.45. The average molecular weight is 520 g/mol. The van der Waals surface area contributed by atoms with Gasteiger partial charge in [-0.15, -0.1) is 0 Å². The van der Waals surface area contributed by atoms with E-state index in [0.29, 0.717) is 22.9 Å². The third-order valence-electron chi connectivity index (χ3n) is 7.17. The van der Waals surface area contributed by atoms with Crippen molar-refractivity contribution in [1.82, 2.24) is 0 Å². The van der Waals surface area contributed by atoms with E-state index in [4.69, 9.17) is 19.9 Å². The first-order valence-electron chi connectivity index (χ1n) is 11.9. The Morgan fingerprint density at radius 3 is 2.46 bits per heavy atom. The Balaban J connectivity index is 1.83. The van der Waals surface area contributed by atoms with Gasteiger partial charge in [-0.1, -0.05) is 12.2 Å². The lowest BCUT2D eigenvalue weighted by Crippen LogP contribution is -2.65. The van der Waals surface area contributed by atoms with E-state index in [1.54, 1.807) is 19.1 Å². The molecule has 37 heavy (non-hydrogen) atoms. The first-order valence-corrected chi connectivity index (χ1v) is 11.9. The van der Waals surface area contributed by atoms with Crippen molar-refractivity contribution >= 4 is 16.6 Å². The average Bonchev–Trinajstić information content (AvgIpc) is 2.85. The molecule has 0 spiro atoms. The molecule has 11 heteroatoms. The molecular weight excluding hydrogens is 486 g/mol. The number of benzene rings is 2. The SMILES string of the molecule is COc1cc(OC2OC(C3(O)C=CC(N)CC3)C(O)C(O)C2O)c2c(O)c(C(C)=O)c(C)cc2c1CO. The van der Waals surface area contributed by atoms with Crippen LogP contribution in [0.3, 0.4) is 0 Å². The summed E-state index contributed by atoms with van der Waals surface area (Å²) in [5.74, 6) is -0.685. The fraction of sp³-hybridized carbons (Fsp3) is 0.500. The van der Waals surface area contributed by atoms with Crippen LogP contribution < -0.4 is 15.2 Å². The fourth-order valence-electron chi connectivity index (χ4n) is 5.17. The summed E-state index contributed by atoms with van der Waals surface area (Å²) >= 11 is 0. The second-order valence-electron chi connectivity index (χ2n) is 9.68. The van der Waals surface area contributed by atoms with E-state index in [1.165, 1.54) is 26.2 Å². The van der Waals surface area contributed by atoms with Gasteiger partial charge in [-0.2, -0.15) is 0 Å². The van der Waals surface area contributed by atoms with Gasteiger partial charge < -0.3 is 50.6 Å². The van der Waals surface area contributed by atoms with Crippen molar-refractivity contribution in [2.45, 2.75) is 75.6 Å². The zero-order valence-electron chi connectivity index (χ0n) is 20.8. The number of aryl methyl sites for hydroxylation is 1. The number of hydrogen-bond acceptors (Lipinski definition) is 11. The lowest BCUT2D eigenvalue weighted by atomic mass is 9.79. The minimum absolute atomic E-state index is 0.0443. The molecule has 202 valence electrons. The molecule has 0 aromatic heterocycles. The first-order chi connectivity index (χ1) is 17.4. The number of nitrogens with two attached hydrogens (primary N) is 1. The van der Waals surface area contributed by atoms with E-state index >= 15 is 0 Å². The van der Waals surface area contributed by atoms with Crippen LogP contribution in [-0.4, -0.2) is 85.9 Å². The van der Waals surface area contributed by atoms with E-state index in [2.05, 4.69) is 0 Å². The maximum Gasteiger partial charge on any atom is 0.229 e. The zero-order chi connectivity index (χ0) is 27.2. The summed E-state index contributed by atoms with van der Waals surface area (Å²) in [4.78, 5) is 12.3. The van der Waals surface area contributed by atoms with Crippen molar-refractivity contribution in [2.75, 3.05) is 7.11 Å². The van der Waals surface area contributed by atoms with Gasteiger partial charge in [0.2, 0.25) is 6.29 Å². The van der Waals surface area contributed by atoms with Gasteiger partial charge in [-0.3, -0.25) is 4.79 Å². The quantitative estimate of drug-likeness (QED) is 0.203. The monoisotopic (exact) mass is 519 g/mol. The topological polar surface area (TPSA) is 192 Å². The van der Waals surface area contributed by atoms with Crippen LogP contribution in [-0.2, 0) is 11.3 Å². The minimum Gasteiger partial charge on any atom is -0.506 e. The molecule has 7 atom stereocenters. The molecule has 8 N–H and O–H groups in total. The number of Topliss-reactive ketones (excluding diaryl/α,β-unsaturated/α-hetero) is 1. The molecule has 1 fully saturated rings. The zero-order valence-corrected chi connectivity index (χ0v) is 20.8. The van der Waals surface area contributed by atoms with E-state index in [1.807, 2.05) is 0 Å². The minimum atomic E-state index is -1.75. The van der Waals surface area contributed by atoms with Gasteiger partial charge in [0.15, 0.2) is 5.78 Å². The molecule has 1 saturated heterocycles. The second kappa shape index (κ2) is 10.2. The van der Waals surface area contributed by atoms with Crippen molar-refractivity contribution < 1.29 is 49.6 Å². The predicted octanol–water partition coefficient (Wildman–Crippen LogP) is 0.152. The van der Waals surface area contributed by atoms with Crippen LogP contribution >= 0.6 is 0 Å². The van der Waals surface area contributed by atoms with Crippen molar-refractivity contribution in [3.63, 3.8) is 0 Å². The molecule has 0 bridgehead atoms. The number of fused-ring (bicyclic) bond motifs is 1. The van der Waals surface area contributed by atoms with E-state index in [-0.39, 0.29) is 34.9 Å². The summed E-state index contributed by atoms with van der Waals surface area (Å²) in [6, 6.07) is 2.67. The Labute approximate surface area is 213 Å². The Bertz CT molecular complexity index is 1230. The molecule has 1 heterocycles. The maximum absolute atomic E-state index is 12.3. The lowest BCUT2D eigenvalue weighted by Gasteiger charge is -2.47. The highest BCUT2D eigenvalue weighted by Gasteiger charge is 2.53. The van der Waals surface area contributed by atoms with Crippen LogP contribution in [0.25, 0.3) is 10.8 Å². The number of carbonyl (C=O) groups excluding carboxylic acids is 1. The highest BCUT2D eigenvalue weighted by molar-refractivity contribution is 6.08. The van der Waals surface area contributed by atoms with Crippen LogP contribution in [0.2, 0.25) is 0 Å². The first kappa shape index (κ1) is 27.3. The smallest absolute Gasteiger partial charge is 0.229 e. The van der Waals surface area contributed by atoms with Crippen LogP contribution in [0.4, 0.5) is 0 Å². The molecule has 1 aliphatic heterocycles. The van der Waals surface area contributed by atoms with Crippen LogP contribution in [0, 0.1) is 6.92 Å². The standard InChI is InChI=1S/C26H33NO10/c1-11-8-14-15(10-28)16(35-3)9-17(19(14)20(30)18(11)12(2)29)36-25-23(33)21(31)22(32)24(37-25)26(34)6-4-13(27)5-7-26/h4,6,8-9,13,21-25,28,30-34H,5,7,10,27H2,1-3H3. The summed E-state index contributed by atoms with van der Waals surface area (Å²) in [5, 5.41) is 64.6. The molecular formula is C26H33NO10. The summed E-state index contributed by atoms with van der Waals surface area (Å²) in [6.07, 6.45) is -4.63. The van der Waals surface area contributed by atoms with Gasteiger partial charge in [0.05, 0.1) is 24.7 Å². The summed E-state index contributed by atoms with van der Waals surface area (Å²) < 4.78 is 17.2. The van der Waals surface area contributed by atoms with Gasteiger partial charge in [0.1, 0.15) is 47.3 Å². The van der Waals surface area contributed by atoms with Gasteiger partial charge in [0.25, 0.3) is 0 Å². The van der Waals surface area contributed by atoms with Gasteiger partial charge >= 0.3 is 0 Å². The van der Waals surface area contributed by atoms with Crippen LogP contribution in [0.5, 0.6) is 17.2 Å². The number of aromatic hydroxyl groups is 1. The van der Waals surface area contributed by atoms with Crippen molar-refractivity contribution in [2.24, 2.45) is 5.73 Å². The van der Waals surface area contributed by atoms with Gasteiger partial charge in [0, 0.05) is 17.7 Å². The van der Waals surface area contributed by atoms with Crippen molar-refractivity contribution in [3.05, 3.63) is 41.0 Å². The third-order valence-corrected chi connectivity index (χ3v) is 7.17. The Morgan fingerprint density at radius 1 is 1.19 bits per heavy atom. The lowest BCUT2D eigenvalue weighted by molar-refractivity contribution is -0.299. The molecule has 0 amide bonds. The Morgan fingerprint density at radius 2 is 1.89 bits per heavy atom. The second-order valence-corrected chi connectivity index (χ2v) is 9.68. The number of aliphatic hydroxyl groups excluding tert-OH is 4. The summed E-state index contributed by atoms with van der Waals surface area (Å²) in [5.41, 5.74) is 5.01. The van der Waals surface area contributed by atoms with Crippen LogP contribution in [0.15, 0.2) is 24.3 Å². The predicted molar refractivity (Wildman–Crippen MR) is 131 cm³/mol. The normalized spacial score (nSPS) is 31.9. The number of rotatable bonds is 6. The number of phenolic OH excluding ortho intramolecular Hbond substituents is 1. The number of carbonyl (C=O) groups is 1. The summed E-state index contributed by atoms with van der Waals surface area (Å²) in [6.45, 7) is 2.48. The number of ketones is 1. The van der Waals surface area contributed by atoms with Gasteiger partial charge in [-0.25, -0.2) is 0 Å². The number of phenols is 1. The maximum atomic E-state index is 12.3. The molecule has 4 rings (SSSR count). The highest BCUT2D eigenvalue weighted by atomic mass is 16.7. The molecule has 2 aromatic carbocycles. The number of aliphatic hydroxyl groups is 5. The fourth-order valence-corrected chi connectivity index (χ4v) is 5.17. The van der Waals surface area contributed by atoms with Crippen LogP contribution in [0.1, 0.15) is 41.3 Å². The molecule has 11 nitrogen and oxygen atoms in total. The number of methoxy groups -OCH3 is 1.